The number of rotatable bonds is 4. The minimum absolute atomic E-state index is 0.0242. The molecule has 3 aromatic rings. The molecule has 7 heteroatoms. The van der Waals surface area contributed by atoms with Gasteiger partial charge in [0.1, 0.15) is 11.6 Å². The summed E-state index contributed by atoms with van der Waals surface area (Å²) < 4.78 is 7.20. The second-order valence-corrected chi connectivity index (χ2v) is 5.73. The number of H-pyrrole nitrogens is 1. The Bertz CT molecular complexity index is 869. The number of methoxy groups -OCH3 is 1. The van der Waals surface area contributed by atoms with Crippen molar-refractivity contribution in [1.29, 1.82) is 0 Å². The Morgan fingerprint density at radius 1 is 1.33 bits per heavy atom. The Morgan fingerprint density at radius 2 is 2.21 bits per heavy atom. The number of nitrogens with one attached hydrogen (secondary N) is 2. The molecule has 3 heterocycles. The molecule has 1 aromatic carbocycles. The van der Waals surface area contributed by atoms with Crippen molar-refractivity contribution in [3.63, 3.8) is 0 Å². The lowest BCUT2D eigenvalue weighted by Gasteiger charge is -2.22. The van der Waals surface area contributed by atoms with Gasteiger partial charge in [-0.25, -0.2) is 9.67 Å². The summed E-state index contributed by atoms with van der Waals surface area (Å²) in [5, 5.41) is 7.42. The predicted molar refractivity (Wildman–Crippen MR) is 88.0 cm³/mol. The zero-order valence-corrected chi connectivity index (χ0v) is 13.2. The summed E-state index contributed by atoms with van der Waals surface area (Å²) in [6.07, 6.45) is 5.58. The van der Waals surface area contributed by atoms with E-state index in [0.29, 0.717) is 13.0 Å². The molecule has 7 nitrogen and oxygen atoms in total. The molecule has 0 saturated heterocycles. The first kappa shape index (κ1) is 14.5. The smallest absolute Gasteiger partial charge is 0.226 e. The Hall–Kier alpha value is -3.09. The standard InChI is InChI=1S/C17H17N5O2/c1-24-15-5-3-2-4-11(15)9-22-17-13(7-20-22)12(6-16(23)21-17)14-8-18-10-19-14/h2-5,7-8,10,12H,6,9H2,1H3,(H,18,19)(H,21,23). The van der Waals surface area contributed by atoms with Crippen LogP contribution in [0.5, 0.6) is 5.75 Å². The largest absolute Gasteiger partial charge is 0.496 e. The molecular formula is C17H17N5O2. The molecule has 1 aliphatic heterocycles. The summed E-state index contributed by atoms with van der Waals surface area (Å²) >= 11 is 0. The quantitative estimate of drug-likeness (QED) is 0.770. The van der Waals surface area contributed by atoms with Crippen LogP contribution in [0.3, 0.4) is 0 Å². The highest BCUT2D eigenvalue weighted by molar-refractivity contribution is 5.94. The minimum Gasteiger partial charge on any atom is -0.496 e. The first-order valence-corrected chi connectivity index (χ1v) is 7.72. The highest BCUT2D eigenvalue weighted by atomic mass is 16.5. The fourth-order valence-electron chi connectivity index (χ4n) is 3.12. The van der Waals surface area contributed by atoms with Crippen molar-refractivity contribution in [1.82, 2.24) is 19.7 Å². The third-order valence-electron chi connectivity index (χ3n) is 4.30. The topological polar surface area (TPSA) is 84.8 Å². The molecule has 1 aliphatic rings. The van der Waals surface area contributed by atoms with Gasteiger partial charge in [-0.3, -0.25) is 4.79 Å². The van der Waals surface area contributed by atoms with E-state index in [1.807, 2.05) is 30.5 Å². The van der Waals surface area contributed by atoms with Crippen LogP contribution in [0.1, 0.15) is 29.2 Å². The van der Waals surface area contributed by atoms with Crippen molar-refractivity contribution in [3.8, 4) is 5.75 Å². The van der Waals surface area contributed by atoms with E-state index in [9.17, 15) is 4.79 Å². The van der Waals surface area contributed by atoms with Crippen LogP contribution in [0.25, 0.3) is 0 Å². The zero-order chi connectivity index (χ0) is 16.5. The molecule has 2 N–H and O–H groups in total. The number of hydrogen-bond donors (Lipinski definition) is 2. The molecule has 0 saturated carbocycles. The maximum atomic E-state index is 12.1. The highest BCUT2D eigenvalue weighted by Gasteiger charge is 2.30. The number of para-hydroxylation sites is 1. The summed E-state index contributed by atoms with van der Waals surface area (Å²) in [7, 11) is 1.65. The minimum atomic E-state index is -0.0531. The van der Waals surface area contributed by atoms with Gasteiger partial charge in [-0.05, 0) is 6.07 Å². The molecule has 0 aliphatic carbocycles. The van der Waals surface area contributed by atoms with Crippen LogP contribution in [-0.2, 0) is 11.3 Å². The lowest BCUT2D eigenvalue weighted by Crippen LogP contribution is -2.25. The first-order chi connectivity index (χ1) is 11.8. The maximum Gasteiger partial charge on any atom is 0.226 e. The molecular weight excluding hydrogens is 306 g/mol. The van der Waals surface area contributed by atoms with E-state index in [-0.39, 0.29) is 11.8 Å². The number of carbonyl (C=O) groups is 1. The summed E-state index contributed by atoms with van der Waals surface area (Å²) in [6, 6.07) is 7.79. The molecule has 2 aromatic heterocycles. The van der Waals surface area contributed by atoms with E-state index in [1.165, 1.54) is 0 Å². The van der Waals surface area contributed by atoms with E-state index in [2.05, 4.69) is 20.4 Å². The van der Waals surface area contributed by atoms with Crippen molar-refractivity contribution in [2.24, 2.45) is 0 Å². The number of aromatic amines is 1. The number of benzene rings is 1. The number of fused-ring (bicyclic) bond motifs is 1. The lowest BCUT2D eigenvalue weighted by atomic mass is 9.92. The van der Waals surface area contributed by atoms with E-state index in [0.717, 1.165) is 28.4 Å². The molecule has 122 valence electrons. The fraction of sp³-hybridized carbons (Fsp3) is 0.235. The van der Waals surface area contributed by atoms with Gasteiger partial charge >= 0.3 is 0 Å². The molecule has 1 atom stereocenters. The van der Waals surface area contributed by atoms with Crippen LogP contribution in [0.15, 0.2) is 43.0 Å². The SMILES string of the molecule is COc1ccccc1Cn1ncc2c1NC(=O)CC2c1cnc[nH]1. The van der Waals surface area contributed by atoms with Gasteiger partial charge < -0.3 is 15.0 Å². The number of aromatic nitrogens is 4. The van der Waals surface area contributed by atoms with Gasteiger partial charge in [0, 0.05) is 35.4 Å². The second-order valence-electron chi connectivity index (χ2n) is 5.73. The molecule has 0 bridgehead atoms. The van der Waals surface area contributed by atoms with E-state index >= 15 is 0 Å². The van der Waals surface area contributed by atoms with Crippen molar-refractivity contribution in [2.45, 2.75) is 18.9 Å². The van der Waals surface area contributed by atoms with Crippen LogP contribution in [0.2, 0.25) is 0 Å². The summed E-state index contributed by atoms with van der Waals surface area (Å²) in [4.78, 5) is 19.3. The Labute approximate surface area is 138 Å². The summed E-state index contributed by atoms with van der Waals surface area (Å²) in [5.41, 5.74) is 2.92. The zero-order valence-electron chi connectivity index (χ0n) is 13.2. The van der Waals surface area contributed by atoms with Crippen molar-refractivity contribution in [2.75, 3.05) is 12.4 Å². The molecule has 0 spiro atoms. The normalized spacial score (nSPS) is 16.5. The predicted octanol–water partition coefficient (Wildman–Crippen LogP) is 2.14. The highest BCUT2D eigenvalue weighted by Crippen LogP contribution is 2.36. The number of carbonyl (C=O) groups excluding carboxylic acids is 1. The van der Waals surface area contributed by atoms with Gasteiger partial charge in [0.15, 0.2) is 0 Å². The van der Waals surface area contributed by atoms with E-state index < -0.39 is 0 Å². The molecule has 1 unspecified atom stereocenters. The number of nitrogens with zero attached hydrogens (tertiary/aromatic N) is 3. The Balaban J connectivity index is 1.71. The monoisotopic (exact) mass is 323 g/mol. The summed E-state index contributed by atoms with van der Waals surface area (Å²) in [5.74, 6) is 1.46. The Kier molecular flexibility index (Phi) is 3.53. The van der Waals surface area contributed by atoms with Crippen LogP contribution in [-0.4, -0.2) is 32.8 Å². The molecule has 4 rings (SSSR count). The number of ether oxygens (including phenoxy) is 1. The van der Waals surface area contributed by atoms with Crippen LogP contribution in [0.4, 0.5) is 5.82 Å². The van der Waals surface area contributed by atoms with Gasteiger partial charge in [0.05, 0.1) is 26.2 Å². The van der Waals surface area contributed by atoms with Gasteiger partial charge in [0.25, 0.3) is 0 Å². The molecule has 1 amide bonds. The molecule has 24 heavy (non-hydrogen) atoms. The maximum absolute atomic E-state index is 12.1. The molecule has 0 fully saturated rings. The third kappa shape index (κ3) is 2.44. The number of imidazole rings is 1. The average molecular weight is 323 g/mol. The average Bonchev–Trinajstić information content (AvgIpc) is 3.25. The second kappa shape index (κ2) is 5.84. The molecule has 0 radical (unpaired) electrons. The van der Waals surface area contributed by atoms with E-state index in [4.69, 9.17) is 4.74 Å². The number of amides is 1. The van der Waals surface area contributed by atoms with Gasteiger partial charge in [-0.2, -0.15) is 5.10 Å². The van der Waals surface area contributed by atoms with Crippen molar-refractivity contribution < 1.29 is 9.53 Å². The van der Waals surface area contributed by atoms with Gasteiger partial charge in [-0.1, -0.05) is 18.2 Å². The van der Waals surface area contributed by atoms with Crippen LogP contribution in [0, 0.1) is 0 Å². The third-order valence-corrected chi connectivity index (χ3v) is 4.30. The van der Waals surface area contributed by atoms with Gasteiger partial charge in [-0.15, -0.1) is 0 Å². The Morgan fingerprint density at radius 3 is 3.00 bits per heavy atom. The van der Waals surface area contributed by atoms with Crippen LogP contribution < -0.4 is 10.1 Å². The van der Waals surface area contributed by atoms with Crippen molar-refractivity contribution in [3.05, 3.63) is 59.8 Å². The number of hydrogen-bond acceptors (Lipinski definition) is 4. The lowest BCUT2D eigenvalue weighted by molar-refractivity contribution is -0.116. The van der Waals surface area contributed by atoms with Crippen LogP contribution >= 0.6 is 0 Å². The number of anilines is 1. The first-order valence-electron chi connectivity index (χ1n) is 7.72. The summed E-state index contributed by atoms with van der Waals surface area (Å²) in [6.45, 7) is 0.523. The van der Waals surface area contributed by atoms with Gasteiger partial charge in [0.2, 0.25) is 5.91 Å². The van der Waals surface area contributed by atoms with Crippen molar-refractivity contribution >= 4 is 11.7 Å². The fourth-order valence-corrected chi connectivity index (χ4v) is 3.12. The van der Waals surface area contributed by atoms with E-state index in [1.54, 1.807) is 24.3 Å².